The molecule has 0 spiro atoms. The summed E-state index contributed by atoms with van der Waals surface area (Å²) >= 11 is 1.88. The van der Waals surface area contributed by atoms with Gasteiger partial charge >= 0.3 is 5.97 Å². The molecule has 0 radical (unpaired) electrons. The lowest BCUT2D eigenvalue weighted by atomic mass is 9.76. The molecule has 1 heterocycles. The minimum Gasteiger partial charge on any atom is -0.465 e. The Morgan fingerprint density at radius 2 is 1.88 bits per heavy atom. The zero-order valence-corrected chi connectivity index (χ0v) is 19.2. The van der Waals surface area contributed by atoms with Crippen LogP contribution in [0.25, 0.3) is 0 Å². The molecule has 0 saturated heterocycles. The van der Waals surface area contributed by atoms with Crippen LogP contribution < -0.4 is 5.32 Å². The fraction of sp³-hybridized carbons (Fsp3) is 0.250. The second-order valence-electron chi connectivity index (χ2n) is 8.57. The van der Waals surface area contributed by atoms with Crippen molar-refractivity contribution in [2.24, 2.45) is 5.92 Å². The highest BCUT2D eigenvalue weighted by molar-refractivity contribution is 7.98. The molecule has 0 fully saturated rings. The van der Waals surface area contributed by atoms with Crippen LogP contribution in [0, 0.1) is 12.8 Å². The number of aryl methyl sites for hydroxylation is 1. The number of carbonyl (C=O) groups is 1. The smallest absolute Gasteiger partial charge is 0.337 e. The third kappa shape index (κ3) is 3.95. The van der Waals surface area contributed by atoms with Gasteiger partial charge in [-0.1, -0.05) is 54.6 Å². The minimum absolute atomic E-state index is 0.220. The van der Waals surface area contributed by atoms with Crippen molar-refractivity contribution in [2.45, 2.75) is 36.0 Å². The molecule has 0 bridgehead atoms. The summed E-state index contributed by atoms with van der Waals surface area (Å²) in [6.45, 7) is 2.21. The van der Waals surface area contributed by atoms with E-state index >= 15 is 0 Å². The van der Waals surface area contributed by atoms with Gasteiger partial charge in [0.1, 0.15) is 0 Å². The predicted molar refractivity (Wildman–Crippen MR) is 131 cm³/mol. The van der Waals surface area contributed by atoms with Gasteiger partial charge in [0.15, 0.2) is 0 Å². The standard InChI is InChI=1S/C28H27NO2S/c1-18-15-19(17-32-22-7-4-3-5-8-22)16-25-23-9-6-10-24(23)27(29-26(18)25)20-11-13-21(14-12-20)28(30)31-2/h3-9,11-16,23-24,27,29H,10,17H2,1-2H3/t23-,24-,27-/m0/s1. The van der Waals surface area contributed by atoms with Gasteiger partial charge in [-0.05, 0) is 65.8 Å². The molecule has 5 rings (SSSR count). The second kappa shape index (κ2) is 8.87. The number of carbonyl (C=O) groups excluding carboxylic acids is 1. The number of methoxy groups -OCH3 is 1. The van der Waals surface area contributed by atoms with E-state index < -0.39 is 0 Å². The quantitative estimate of drug-likeness (QED) is 0.265. The molecule has 0 saturated carbocycles. The van der Waals surface area contributed by atoms with Crippen LogP contribution in [0.4, 0.5) is 5.69 Å². The lowest BCUT2D eigenvalue weighted by molar-refractivity contribution is 0.0600. The van der Waals surface area contributed by atoms with Crippen molar-refractivity contribution >= 4 is 23.4 Å². The van der Waals surface area contributed by atoms with Gasteiger partial charge in [0, 0.05) is 22.3 Å². The van der Waals surface area contributed by atoms with Crippen LogP contribution >= 0.6 is 11.8 Å². The fourth-order valence-electron chi connectivity index (χ4n) is 5.01. The number of rotatable bonds is 5. The lowest BCUT2D eigenvalue weighted by Gasteiger charge is -2.38. The molecule has 0 amide bonds. The maximum Gasteiger partial charge on any atom is 0.337 e. The van der Waals surface area contributed by atoms with Crippen LogP contribution in [0.15, 0.2) is 83.8 Å². The van der Waals surface area contributed by atoms with Gasteiger partial charge in [-0.25, -0.2) is 4.79 Å². The van der Waals surface area contributed by atoms with E-state index in [-0.39, 0.29) is 12.0 Å². The molecule has 32 heavy (non-hydrogen) atoms. The number of hydrogen-bond donors (Lipinski definition) is 1. The molecule has 3 aromatic carbocycles. The van der Waals surface area contributed by atoms with Crippen molar-refractivity contribution in [1.82, 2.24) is 0 Å². The van der Waals surface area contributed by atoms with Crippen LogP contribution in [0.3, 0.4) is 0 Å². The molecular formula is C28H27NO2S. The topological polar surface area (TPSA) is 38.3 Å². The largest absolute Gasteiger partial charge is 0.465 e. The SMILES string of the molecule is COC(=O)c1ccc([C@@H]2Nc3c(C)cc(CSc4ccccc4)cc3[C@H]3C=CC[C@@H]32)cc1. The maximum absolute atomic E-state index is 11.8. The highest BCUT2D eigenvalue weighted by Gasteiger charge is 2.38. The summed E-state index contributed by atoms with van der Waals surface area (Å²) < 4.78 is 4.85. The number of allylic oxidation sites excluding steroid dienone is 2. The molecule has 3 nitrogen and oxygen atoms in total. The Balaban J connectivity index is 1.43. The lowest BCUT2D eigenvalue weighted by Crippen LogP contribution is -2.29. The first-order chi connectivity index (χ1) is 15.6. The van der Waals surface area contributed by atoms with E-state index in [1.807, 2.05) is 23.9 Å². The van der Waals surface area contributed by atoms with Gasteiger partial charge < -0.3 is 10.1 Å². The Kier molecular flexibility index (Phi) is 5.79. The molecule has 162 valence electrons. The van der Waals surface area contributed by atoms with Crippen LogP contribution in [-0.4, -0.2) is 13.1 Å². The van der Waals surface area contributed by atoms with E-state index in [9.17, 15) is 4.79 Å². The van der Waals surface area contributed by atoms with Crippen molar-refractivity contribution in [2.75, 3.05) is 12.4 Å². The van der Waals surface area contributed by atoms with Crippen molar-refractivity contribution in [3.8, 4) is 0 Å². The van der Waals surface area contributed by atoms with Gasteiger partial charge in [0.25, 0.3) is 0 Å². The molecule has 1 N–H and O–H groups in total. The molecular weight excluding hydrogens is 414 g/mol. The van der Waals surface area contributed by atoms with Crippen molar-refractivity contribution < 1.29 is 9.53 Å². The zero-order valence-electron chi connectivity index (χ0n) is 18.4. The van der Waals surface area contributed by atoms with E-state index in [1.54, 1.807) is 0 Å². The van der Waals surface area contributed by atoms with Crippen molar-refractivity contribution in [3.63, 3.8) is 0 Å². The van der Waals surface area contributed by atoms with E-state index in [1.165, 1.54) is 39.9 Å². The van der Waals surface area contributed by atoms with E-state index in [0.29, 0.717) is 17.4 Å². The first kappa shape index (κ1) is 20.9. The Morgan fingerprint density at radius 3 is 2.62 bits per heavy atom. The normalized spacial score (nSPS) is 20.9. The minimum atomic E-state index is -0.296. The average Bonchev–Trinajstić information content (AvgIpc) is 3.33. The van der Waals surface area contributed by atoms with Crippen LogP contribution in [-0.2, 0) is 10.5 Å². The van der Waals surface area contributed by atoms with Crippen LogP contribution in [0.5, 0.6) is 0 Å². The molecule has 0 aromatic heterocycles. The number of benzene rings is 3. The van der Waals surface area contributed by atoms with Gasteiger partial charge in [-0.2, -0.15) is 0 Å². The van der Waals surface area contributed by atoms with E-state index in [2.05, 4.69) is 79.0 Å². The highest BCUT2D eigenvalue weighted by Crippen LogP contribution is 2.51. The number of ether oxygens (including phenoxy) is 1. The summed E-state index contributed by atoms with van der Waals surface area (Å²) in [6.07, 6.45) is 5.76. The summed E-state index contributed by atoms with van der Waals surface area (Å²) in [4.78, 5) is 13.1. The second-order valence-corrected chi connectivity index (χ2v) is 9.62. The van der Waals surface area contributed by atoms with Gasteiger partial charge in [-0.3, -0.25) is 0 Å². The third-order valence-electron chi connectivity index (χ3n) is 6.57. The summed E-state index contributed by atoms with van der Waals surface area (Å²) in [5, 5.41) is 3.85. The summed E-state index contributed by atoms with van der Waals surface area (Å²) in [5.74, 6) is 1.56. The first-order valence-corrected chi connectivity index (χ1v) is 12.1. The summed E-state index contributed by atoms with van der Waals surface area (Å²) in [5.41, 5.74) is 7.14. The predicted octanol–water partition coefficient (Wildman–Crippen LogP) is 6.90. The molecule has 3 aromatic rings. The first-order valence-electron chi connectivity index (χ1n) is 11.1. The zero-order chi connectivity index (χ0) is 22.1. The van der Waals surface area contributed by atoms with Gasteiger partial charge in [-0.15, -0.1) is 11.8 Å². The molecule has 1 aliphatic heterocycles. The maximum atomic E-state index is 11.8. The number of hydrogen-bond acceptors (Lipinski definition) is 4. The van der Waals surface area contributed by atoms with E-state index in [0.717, 1.165) is 12.2 Å². The van der Waals surface area contributed by atoms with Gasteiger partial charge in [0.2, 0.25) is 0 Å². The number of anilines is 1. The Morgan fingerprint density at radius 1 is 1.09 bits per heavy atom. The average molecular weight is 442 g/mol. The van der Waals surface area contributed by atoms with E-state index in [4.69, 9.17) is 4.74 Å². The molecule has 1 aliphatic carbocycles. The van der Waals surface area contributed by atoms with Crippen LogP contribution in [0.2, 0.25) is 0 Å². The molecule has 0 unspecified atom stereocenters. The fourth-order valence-corrected chi connectivity index (χ4v) is 5.85. The number of thioether (sulfide) groups is 1. The van der Waals surface area contributed by atoms with Crippen molar-refractivity contribution in [3.05, 3.63) is 107 Å². The number of fused-ring (bicyclic) bond motifs is 3. The Labute approximate surface area is 193 Å². The van der Waals surface area contributed by atoms with Crippen LogP contribution in [0.1, 0.15) is 51.0 Å². The summed E-state index contributed by atoms with van der Waals surface area (Å²) in [6, 6.07) is 23.4. The Hall–Kier alpha value is -2.98. The molecule has 3 atom stereocenters. The van der Waals surface area contributed by atoms with Gasteiger partial charge in [0.05, 0.1) is 18.7 Å². The Bertz CT molecular complexity index is 1150. The van der Waals surface area contributed by atoms with Crippen molar-refractivity contribution in [1.29, 1.82) is 0 Å². The monoisotopic (exact) mass is 441 g/mol. The highest BCUT2D eigenvalue weighted by atomic mass is 32.2. The molecule has 4 heteroatoms. The molecule has 2 aliphatic rings. The third-order valence-corrected chi connectivity index (χ3v) is 7.65. The number of nitrogens with one attached hydrogen (secondary N) is 1. The number of esters is 1. The summed E-state index contributed by atoms with van der Waals surface area (Å²) in [7, 11) is 1.42.